The van der Waals surface area contributed by atoms with Gasteiger partial charge in [-0.3, -0.25) is 0 Å². The van der Waals surface area contributed by atoms with Gasteiger partial charge in [-0.25, -0.2) is 4.79 Å². The molecule has 0 spiro atoms. The number of hydrogen-bond donors (Lipinski definition) is 0. The first kappa shape index (κ1) is 14.7. The maximum absolute atomic E-state index is 11.5. The standard InChI is InChI=1S/C15H17BrO2/c1-3-4-5-13(15(17)18-2)9-6-12-7-10-14(16)11-8-12/h6-8,10-11H,3-5H2,1-2H3. The Bertz CT molecular complexity index is 454. The molecule has 96 valence electrons. The lowest BCUT2D eigenvalue weighted by Crippen LogP contribution is -2.03. The number of unbranched alkanes of at least 4 members (excludes halogenated alkanes) is 1. The topological polar surface area (TPSA) is 26.3 Å². The highest BCUT2D eigenvalue weighted by Gasteiger charge is 2.07. The molecule has 3 heteroatoms. The van der Waals surface area contributed by atoms with E-state index in [4.69, 9.17) is 4.74 Å². The van der Waals surface area contributed by atoms with Crippen LogP contribution in [0.15, 0.2) is 40.0 Å². The van der Waals surface area contributed by atoms with Gasteiger partial charge >= 0.3 is 5.97 Å². The molecule has 0 bridgehead atoms. The summed E-state index contributed by atoms with van der Waals surface area (Å²) in [5.74, 6) is -0.295. The van der Waals surface area contributed by atoms with Crippen LogP contribution in [0.4, 0.5) is 0 Å². The fourth-order valence-corrected chi connectivity index (χ4v) is 1.70. The van der Waals surface area contributed by atoms with Gasteiger partial charge < -0.3 is 4.74 Å². The zero-order chi connectivity index (χ0) is 13.4. The van der Waals surface area contributed by atoms with E-state index in [1.165, 1.54) is 7.11 Å². The number of ether oxygens (including phenoxy) is 1. The minimum absolute atomic E-state index is 0.295. The molecule has 0 heterocycles. The molecule has 0 aliphatic rings. The van der Waals surface area contributed by atoms with Crippen LogP contribution in [0.25, 0.3) is 6.08 Å². The summed E-state index contributed by atoms with van der Waals surface area (Å²) in [7, 11) is 1.40. The first-order valence-corrected chi connectivity index (χ1v) is 6.76. The van der Waals surface area contributed by atoms with Crippen LogP contribution >= 0.6 is 15.9 Å². The third-order valence-corrected chi connectivity index (χ3v) is 3.02. The zero-order valence-electron chi connectivity index (χ0n) is 10.7. The second kappa shape index (κ2) is 7.91. The van der Waals surface area contributed by atoms with Gasteiger partial charge in [-0.15, -0.1) is 5.73 Å². The van der Waals surface area contributed by atoms with Crippen molar-refractivity contribution in [3.8, 4) is 0 Å². The number of esters is 1. The summed E-state index contributed by atoms with van der Waals surface area (Å²) in [5, 5.41) is 0. The first-order valence-electron chi connectivity index (χ1n) is 5.96. The highest BCUT2D eigenvalue weighted by Crippen LogP contribution is 2.13. The van der Waals surface area contributed by atoms with Gasteiger partial charge in [0.1, 0.15) is 0 Å². The Morgan fingerprint density at radius 3 is 2.61 bits per heavy atom. The van der Waals surface area contributed by atoms with E-state index in [1.54, 1.807) is 0 Å². The predicted octanol–water partition coefficient (Wildman–Crippen LogP) is 4.35. The third-order valence-electron chi connectivity index (χ3n) is 2.50. The molecular weight excluding hydrogens is 292 g/mol. The van der Waals surface area contributed by atoms with E-state index in [2.05, 4.69) is 28.6 Å². The van der Waals surface area contributed by atoms with Gasteiger partial charge in [-0.2, -0.15) is 0 Å². The minimum atomic E-state index is -0.295. The van der Waals surface area contributed by atoms with Gasteiger partial charge in [0.2, 0.25) is 0 Å². The lowest BCUT2D eigenvalue weighted by Gasteiger charge is -2.01. The summed E-state index contributed by atoms with van der Waals surface area (Å²) in [5.41, 5.74) is 4.65. The second-order valence-corrected chi connectivity index (χ2v) is 4.83. The van der Waals surface area contributed by atoms with Gasteiger partial charge in [-0.1, -0.05) is 41.4 Å². The number of rotatable bonds is 5. The summed E-state index contributed by atoms with van der Waals surface area (Å²) < 4.78 is 5.78. The Labute approximate surface area is 116 Å². The highest BCUT2D eigenvalue weighted by atomic mass is 79.9. The summed E-state index contributed by atoms with van der Waals surface area (Å²) in [6.45, 7) is 2.09. The molecule has 2 nitrogen and oxygen atoms in total. The van der Waals surface area contributed by atoms with E-state index < -0.39 is 0 Å². The van der Waals surface area contributed by atoms with Crippen LogP contribution in [-0.2, 0) is 9.53 Å². The number of carbonyl (C=O) groups is 1. The molecule has 18 heavy (non-hydrogen) atoms. The van der Waals surface area contributed by atoms with E-state index in [9.17, 15) is 4.79 Å². The smallest absolute Gasteiger partial charge is 0.341 e. The molecule has 0 saturated carbocycles. The summed E-state index contributed by atoms with van der Waals surface area (Å²) in [6.07, 6.45) is 4.52. The van der Waals surface area contributed by atoms with Crippen molar-refractivity contribution in [1.82, 2.24) is 0 Å². The number of hydrogen-bond acceptors (Lipinski definition) is 2. The van der Waals surface area contributed by atoms with Crippen molar-refractivity contribution in [3.05, 3.63) is 45.6 Å². The molecule has 0 aromatic heterocycles. The molecule has 0 atom stereocenters. The van der Waals surface area contributed by atoms with Crippen molar-refractivity contribution in [2.24, 2.45) is 0 Å². The molecule has 0 saturated heterocycles. The van der Waals surface area contributed by atoms with Crippen molar-refractivity contribution in [2.45, 2.75) is 26.2 Å². The van der Waals surface area contributed by atoms with E-state index >= 15 is 0 Å². The van der Waals surface area contributed by atoms with Crippen LogP contribution in [0, 0.1) is 0 Å². The maximum atomic E-state index is 11.5. The second-order valence-electron chi connectivity index (χ2n) is 3.91. The number of methoxy groups -OCH3 is 1. The average Bonchev–Trinajstić information content (AvgIpc) is 2.40. The predicted molar refractivity (Wildman–Crippen MR) is 77.2 cm³/mol. The molecule has 0 radical (unpaired) electrons. The summed E-state index contributed by atoms with van der Waals surface area (Å²) >= 11 is 3.38. The zero-order valence-corrected chi connectivity index (χ0v) is 12.3. The molecule has 0 fully saturated rings. The largest absolute Gasteiger partial charge is 0.465 e. The van der Waals surface area contributed by atoms with Crippen LogP contribution < -0.4 is 0 Å². The maximum Gasteiger partial charge on any atom is 0.341 e. The van der Waals surface area contributed by atoms with Crippen LogP contribution in [-0.4, -0.2) is 13.1 Å². The fraction of sp³-hybridized carbons (Fsp3) is 0.333. The lowest BCUT2D eigenvalue weighted by molar-refractivity contribution is -0.136. The van der Waals surface area contributed by atoms with Gasteiger partial charge in [-0.05, 0) is 36.6 Å². The molecule has 1 rings (SSSR count). The molecular formula is C15H17BrO2. The third kappa shape index (κ3) is 4.91. The van der Waals surface area contributed by atoms with Gasteiger partial charge in [0, 0.05) is 4.47 Å². The quantitative estimate of drug-likeness (QED) is 0.459. The van der Waals surface area contributed by atoms with Crippen LogP contribution in [0.3, 0.4) is 0 Å². The van der Waals surface area contributed by atoms with Crippen molar-refractivity contribution in [2.75, 3.05) is 7.11 Å². The molecule has 0 aliphatic carbocycles. The minimum Gasteiger partial charge on any atom is -0.465 e. The van der Waals surface area contributed by atoms with E-state index in [1.807, 2.05) is 30.3 Å². The van der Waals surface area contributed by atoms with Gasteiger partial charge in [0.05, 0.1) is 12.7 Å². The van der Waals surface area contributed by atoms with Crippen molar-refractivity contribution in [3.63, 3.8) is 0 Å². The van der Waals surface area contributed by atoms with E-state index in [0.717, 1.165) is 22.9 Å². The molecule has 1 aromatic carbocycles. The van der Waals surface area contributed by atoms with Crippen LogP contribution in [0.2, 0.25) is 0 Å². The lowest BCUT2D eigenvalue weighted by atomic mass is 10.1. The van der Waals surface area contributed by atoms with Crippen molar-refractivity contribution < 1.29 is 9.53 Å². The molecule has 1 aromatic rings. The number of carbonyl (C=O) groups excluding carboxylic acids is 1. The van der Waals surface area contributed by atoms with Gasteiger partial charge in [0.15, 0.2) is 0 Å². The highest BCUT2D eigenvalue weighted by molar-refractivity contribution is 9.10. The Balaban J connectivity index is 2.92. The molecule has 0 N–H and O–H groups in total. The first-order chi connectivity index (χ1) is 8.67. The van der Waals surface area contributed by atoms with Crippen LogP contribution in [0.1, 0.15) is 31.7 Å². The van der Waals surface area contributed by atoms with Crippen molar-refractivity contribution >= 4 is 28.0 Å². The van der Waals surface area contributed by atoms with E-state index in [0.29, 0.717) is 12.0 Å². The monoisotopic (exact) mass is 308 g/mol. The normalized spacial score (nSPS) is 9.50. The number of halogens is 1. The SMILES string of the molecule is CCCCC(=C=Cc1ccc(Br)cc1)C(=O)OC. The fourth-order valence-electron chi connectivity index (χ4n) is 1.44. The van der Waals surface area contributed by atoms with Crippen molar-refractivity contribution in [1.29, 1.82) is 0 Å². The molecule has 0 amide bonds. The molecule has 0 aliphatic heterocycles. The summed E-state index contributed by atoms with van der Waals surface area (Å²) in [6, 6.07) is 7.84. The Hall–Kier alpha value is -1.31. The Kier molecular flexibility index (Phi) is 6.48. The summed E-state index contributed by atoms with van der Waals surface area (Å²) in [4.78, 5) is 11.5. The Morgan fingerprint density at radius 2 is 2.06 bits per heavy atom. The van der Waals surface area contributed by atoms with Gasteiger partial charge in [0.25, 0.3) is 0 Å². The molecule has 0 unspecified atom stereocenters. The van der Waals surface area contributed by atoms with Crippen LogP contribution in [0.5, 0.6) is 0 Å². The van der Waals surface area contributed by atoms with E-state index in [-0.39, 0.29) is 5.97 Å². The number of benzene rings is 1. The Morgan fingerprint density at radius 1 is 1.39 bits per heavy atom. The average molecular weight is 309 g/mol.